The molecule has 17 heteroatoms. The van der Waals surface area contributed by atoms with Crippen LogP contribution in [0.15, 0.2) is 25.6 Å². The SMILES string of the molecule is Nc1nc(/C(=N/O)C(=O)NC2C(=O)N3C(C(=O)O)=C(SCSc4nncs4)CCC23)c(Cl)s1. The van der Waals surface area contributed by atoms with Gasteiger partial charge >= 0.3 is 5.97 Å². The number of fused-ring (bicyclic) bond motifs is 1. The van der Waals surface area contributed by atoms with Crippen molar-refractivity contribution in [2.24, 2.45) is 5.16 Å². The lowest BCUT2D eigenvalue weighted by Crippen LogP contribution is -2.72. The molecule has 0 bridgehead atoms. The Bertz CT molecular complexity index is 1170. The molecule has 0 saturated carbocycles. The Morgan fingerprint density at radius 1 is 1.42 bits per heavy atom. The number of aromatic nitrogens is 3. The molecule has 33 heavy (non-hydrogen) atoms. The number of thioether (sulfide) groups is 2. The van der Waals surface area contributed by atoms with Crippen LogP contribution in [0.4, 0.5) is 5.13 Å². The summed E-state index contributed by atoms with van der Waals surface area (Å²) in [5, 5.41) is 32.7. The molecule has 2 aliphatic heterocycles. The number of carbonyl (C=O) groups excluding carboxylic acids is 2. The first-order chi connectivity index (χ1) is 15.8. The first kappa shape index (κ1) is 23.7. The highest BCUT2D eigenvalue weighted by Gasteiger charge is 2.53. The van der Waals surface area contributed by atoms with Crippen LogP contribution in [-0.2, 0) is 14.4 Å². The van der Waals surface area contributed by atoms with Crippen molar-refractivity contribution in [2.75, 3.05) is 10.8 Å². The number of nitrogen functional groups attached to an aromatic ring is 1. The number of nitrogens with one attached hydrogen (secondary N) is 1. The fraction of sp³-hybridized carbons (Fsp3) is 0.312. The molecule has 0 aromatic carbocycles. The lowest BCUT2D eigenvalue weighted by Gasteiger charge is -2.50. The van der Waals surface area contributed by atoms with E-state index < -0.39 is 35.6 Å². The van der Waals surface area contributed by atoms with E-state index in [1.165, 1.54) is 39.8 Å². The molecule has 2 aromatic heterocycles. The Kier molecular flexibility index (Phi) is 7.08. The predicted octanol–water partition coefficient (Wildman–Crippen LogP) is 1.68. The average molecular weight is 548 g/mol. The molecule has 12 nitrogen and oxygen atoms in total. The van der Waals surface area contributed by atoms with Gasteiger partial charge in [0.1, 0.15) is 27.3 Å². The molecule has 4 heterocycles. The van der Waals surface area contributed by atoms with E-state index in [1.807, 2.05) is 0 Å². The number of hydrogen-bond donors (Lipinski definition) is 4. The highest BCUT2D eigenvalue weighted by molar-refractivity contribution is 8.18. The monoisotopic (exact) mass is 547 g/mol. The normalized spacial score (nSPS) is 20.5. The minimum Gasteiger partial charge on any atom is -0.477 e. The van der Waals surface area contributed by atoms with Gasteiger partial charge in [-0.1, -0.05) is 51.2 Å². The first-order valence-corrected chi connectivity index (χ1v) is 13.1. The molecule has 2 unspecified atom stereocenters. The number of allylic oxidation sites excluding steroid dienone is 1. The molecule has 1 saturated heterocycles. The molecule has 2 aromatic rings. The molecular weight excluding hydrogens is 534 g/mol. The maximum absolute atomic E-state index is 12.8. The van der Waals surface area contributed by atoms with Gasteiger partial charge in [0.05, 0.1) is 11.1 Å². The second-order valence-electron chi connectivity index (χ2n) is 6.58. The number of carbonyl (C=O) groups is 3. The molecule has 0 radical (unpaired) electrons. The zero-order valence-electron chi connectivity index (χ0n) is 16.3. The Hall–Kier alpha value is -2.40. The van der Waals surface area contributed by atoms with Crippen LogP contribution in [0, 0.1) is 0 Å². The number of halogens is 1. The van der Waals surface area contributed by atoms with Gasteiger partial charge in [-0.25, -0.2) is 9.78 Å². The molecule has 0 aliphatic carbocycles. The Morgan fingerprint density at radius 3 is 2.82 bits per heavy atom. The molecule has 1 fully saturated rings. The van der Waals surface area contributed by atoms with E-state index in [9.17, 15) is 24.7 Å². The van der Waals surface area contributed by atoms with Gasteiger partial charge in [0.2, 0.25) is 0 Å². The van der Waals surface area contributed by atoms with E-state index in [1.54, 1.807) is 5.51 Å². The van der Waals surface area contributed by atoms with Crippen molar-refractivity contribution in [1.82, 2.24) is 25.4 Å². The van der Waals surface area contributed by atoms with Gasteiger partial charge in [-0.3, -0.25) is 14.5 Å². The summed E-state index contributed by atoms with van der Waals surface area (Å²) in [6.07, 6.45) is 0.883. The zero-order valence-corrected chi connectivity index (χ0v) is 20.3. The lowest BCUT2D eigenvalue weighted by molar-refractivity contribution is -0.155. The number of hydrogen-bond acceptors (Lipinski definition) is 13. The molecule has 2 aliphatic rings. The van der Waals surface area contributed by atoms with Crippen LogP contribution in [0.25, 0.3) is 0 Å². The molecule has 0 spiro atoms. The molecular formula is C16H14ClN7O5S4. The summed E-state index contributed by atoms with van der Waals surface area (Å²) in [6.45, 7) is 0. The second-order valence-corrected chi connectivity index (χ2v) is 11.7. The summed E-state index contributed by atoms with van der Waals surface area (Å²) in [6, 6.07) is -1.51. The minimum absolute atomic E-state index is 0.0545. The van der Waals surface area contributed by atoms with Crippen LogP contribution in [0.5, 0.6) is 0 Å². The van der Waals surface area contributed by atoms with Gasteiger partial charge in [0.25, 0.3) is 11.8 Å². The number of amides is 2. The van der Waals surface area contributed by atoms with Gasteiger partial charge in [-0.05, 0) is 12.8 Å². The maximum atomic E-state index is 12.8. The molecule has 5 N–H and O–H groups in total. The van der Waals surface area contributed by atoms with Crippen LogP contribution >= 0.6 is 57.8 Å². The van der Waals surface area contributed by atoms with Gasteiger partial charge in [0.15, 0.2) is 15.2 Å². The second kappa shape index (κ2) is 9.84. The van der Waals surface area contributed by atoms with Crippen LogP contribution in [0.2, 0.25) is 4.34 Å². The summed E-state index contributed by atoms with van der Waals surface area (Å²) >= 11 is 11.0. The van der Waals surface area contributed by atoms with Crippen molar-refractivity contribution in [1.29, 1.82) is 0 Å². The number of oxime groups is 1. The summed E-state index contributed by atoms with van der Waals surface area (Å²) in [5.74, 6) is -2.66. The number of β-lactam (4-membered cyclic amide) rings is 1. The number of carboxylic acid groups (broad SMARTS) is 1. The number of nitrogens with zero attached hydrogens (tertiary/aromatic N) is 5. The van der Waals surface area contributed by atoms with Crippen molar-refractivity contribution in [3.63, 3.8) is 0 Å². The van der Waals surface area contributed by atoms with Crippen molar-refractivity contribution < 1.29 is 24.7 Å². The van der Waals surface area contributed by atoms with Crippen molar-refractivity contribution in [3.8, 4) is 0 Å². The topological polar surface area (TPSA) is 184 Å². The largest absolute Gasteiger partial charge is 0.477 e. The Labute approximate surface area is 207 Å². The van der Waals surface area contributed by atoms with Crippen LogP contribution in [0.3, 0.4) is 0 Å². The molecule has 2 atom stereocenters. The lowest BCUT2D eigenvalue weighted by atomic mass is 9.86. The van der Waals surface area contributed by atoms with Gasteiger partial charge in [-0.15, -0.1) is 22.0 Å². The number of aliphatic carboxylic acids is 1. The van der Waals surface area contributed by atoms with E-state index in [0.717, 1.165) is 15.7 Å². The quantitative estimate of drug-likeness (QED) is 0.0940. The third kappa shape index (κ3) is 4.65. The van der Waals surface area contributed by atoms with E-state index in [2.05, 4.69) is 25.7 Å². The summed E-state index contributed by atoms with van der Waals surface area (Å²) in [7, 11) is 0. The van der Waals surface area contributed by atoms with E-state index >= 15 is 0 Å². The third-order valence-corrected chi connectivity index (χ3v) is 9.00. The summed E-state index contributed by atoms with van der Waals surface area (Å²) in [4.78, 5) is 43.0. The van der Waals surface area contributed by atoms with E-state index in [0.29, 0.717) is 22.8 Å². The molecule has 2 amide bonds. The number of carboxylic acids is 1. The minimum atomic E-state index is -1.22. The highest BCUT2D eigenvalue weighted by atomic mass is 35.5. The maximum Gasteiger partial charge on any atom is 0.353 e. The number of thiazole rings is 1. The highest BCUT2D eigenvalue weighted by Crippen LogP contribution is 2.42. The fourth-order valence-corrected chi connectivity index (χ4v) is 7.36. The van der Waals surface area contributed by atoms with Crippen molar-refractivity contribution >= 4 is 86.4 Å². The first-order valence-electron chi connectivity index (χ1n) is 9.08. The van der Waals surface area contributed by atoms with Crippen molar-refractivity contribution in [3.05, 3.63) is 26.1 Å². The predicted molar refractivity (Wildman–Crippen MR) is 125 cm³/mol. The van der Waals surface area contributed by atoms with Gasteiger partial charge in [-0.2, -0.15) is 0 Å². The molecule has 174 valence electrons. The molecule has 4 rings (SSSR count). The third-order valence-electron chi connectivity index (χ3n) is 4.78. The summed E-state index contributed by atoms with van der Waals surface area (Å²) in [5.41, 5.74) is 6.49. The smallest absolute Gasteiger partial charge is 0.353 e. The number of nitrogens with two attached hydrogens (primary N) is 1. The van der Waals surface area contributed by atoms with Gasteiger partial charge < -0.3 is 21.4 Å². The van der Waals surface area contributed by atoms with Crippen molar-refractivity contribution in [2.45, 2.75) is 29.3 Å². The van der Waals surface area contributed by atoms with Crippen LogP contribution in [0.1, 0.15) is 18.5 Å². The van der Waals surface area contributed by atoms with Crippen LogP contribution in [-0.4, -0.2) is 71.1 Å². The zero-order chi connectivity index (χ0) is 23.7. The number of rotatable bonds is 8. The van der Waals surface area contributed by atoms with E-state index in [4.69, 9.17) is 17.3 Å². The Balaban J connectivity index is 1.45. The van der Waals surface area contributed by atoms with Crippen LogP contribution < -0.4 is 11.1 Å². The Morgan fingerprint density at radius 2 is 2.21 bits per heavy atom. The fourth-order valence-electron chi connectivity index (χ4n) is 3.42. The standard InChI is InChI=1S/C16H14ClN7O5S4/c17-11-8(21-15(18)33-11)9(23-29)12(25)20-7-5-1-2-6(10(14(27)28)24(5)13(7)26)31-4-32-16-22-19-3-30-16/h3,5,7,29H,1-2,4H2,(H2,18,21)(H,20,25)(H,27,28)/b23-9-. The van der Waals surface area contributed by atoms with Gasteiger partial charge in [0, 0.05) is 4.91 Å². The number of anilines is 1. The summed E-state index contributed by atoms with van der Waals surface area (Å²) < 4.78 is 0.818. The average Bonchev–Trinajstić information content (AvgIpc) is 3.41. The van der Waals surface area contributed by atoms with E-state index in [-0.39, 0.29) is 20.9 Å².